The Kier molecular flexibility index (Phi) is 4.03. The zero-order chi connectivity index (χ0) is 15.6. The summed E-state index contributed by atoms with van der Waals surface area (Å²) in [6.07, 6.45) is 0. The van der Waals surface area contributed by atoms with Gasteiger partial charge in [0.25, 0.3) is 5.91 Å². The van der Waals surface area contributed by atoms with Crippen molar-refractivity contribution in [2.24, 2.45) is 0 Å². The van der Waals surface area contributed by atoms with E-state index in [0.717, 1.165) is 11.1 Å². The lowest BCUT2D eigenvalue weighted by Crippen LogP contribution is -2.20. The molecule has 0 aromatic heterocycles. The molecule has 0 spiro atoms. The molecule has 0 aliphatic carbocycles. The summed E-state index contributed by atoms with van der Waals surface area (Å²) in [6.45, 7) is 8.06. The molecule has 3 heteroatoms. The number of amides is 1. The Morgan fingerprint density at radius 2 is 1.76 bits per heavy atom. The van der Waals surface area contributed by atoms with Gasteiger partial charge in [-0.25, -0.2) is 0 Å². The van der Waals surface area contributed by atoms with E-state index in [1.807, 2.05) is 24.3 Å². The van der Waals surface area contributed by atoms with Gasteiger partial charge in [-0.05, 0) is 47.7 Å². The SMILES string of the molecule is Cc1cc(NC(=O)c2ccccc2C(C)(C)C)ccc1O. The Hall–Kier alpha value is -2.29. The quantitative estimate of drug-likeness (QED) is 0.809. The van der Waals surface area contributed by atoms with Gasteiger partial charge >= 0.3 is 0 Å². The number of carbonyl (C=O) groups is 1. The van der Waals surface area contributed by atoms with E-state index in [1.54, 1.807) is 25.1 Å². The molecule has 0 heterocycles. The molecular formula is C18H21NO2. The maximum Gasteiger partial charge on any atom is 0.255 e. The van der Waals surface area contributed by atoms with Crippen LogP contribution in [0.3, 0.4) is 0 Å². The van der Waals surface area contributed by atoms with Gasteiger partial charge in [-0.1, -0.05) is 39.0 Å². The van der Waals surface area contributed by atoms with Gasteiger partial charge in [0.1, 0.15) is 5.75 Å². The van der Waals surface area contributed by atoms with Crippen LogP contribution in [0.15, 0.2) is 42.5 Å². The summed E-state index contributed by atoms with van der Waals surface area (Å²) in [5.41, 5.74) is 3.00. The second kappa shape index (κ2) is 5.60. The number of aryl methyl sites for hydroxylation is 1. The maximum atomic E-state index is 12.5. The average Bonchev–Trinajstić information content (AvgIpc) is 2.42. The standard InChI is InChI=1S/C18H21NO2/c1-12-11-13(9-10-16(12)20)19-17(21)14-7-5-6-8-15(14)18(2,3)4/h5-11,20H,1-4H3,(H,19,21). The molecule has 0 radical (unpaired) electrons. The van der Waals surface area contributed by atoms with Gasteiger partial charge < -0.3 is 10.4 Å². The molecule has 0 atom stereocenters. The fourth-order valence-electron chi connectivity index (χ4n) is 2.27. The number of hydrogen-bond donors (Lipinski definition) is 2. The Morgan fingerprint density at radius 1 is 1.10 bits per heavy atom. The minimum atomic E-state index is -0.134. The lowest BCUT2D eigenvalue weighted by Gasteiger charge is -2.22. The summed E-state index contributed by atoms with van der Waals surface area (Å²) in [7, 11) is 0. The van der Waals surface area contributed by atoms with Crippen molar-refractivity contribution in [2.45, 2.75) is 33.1 Å². The van der Waals surface area contributed by atoms with Crippen LogP contribution in [0, 0.1) is 6.92 Å². The van der Waals surface area contributed by atoms with Crippen LogP contribution in [0.25, 0.3) is 0 Å². The number of rotatable bonds is 2. The van der Waals surface area contributed by atoms with Crippen LogP contribution in [0.4, 0.5) is 5.69 Å². The highest BCUT2D eigenvalue weighted by atomic mass is 16.3. The molecule has 0 saturated heterocycles. The van der Waals surface area contributed by atoms with Crippen molar-refractivity contribution in [3.05, 3.63) is 59.2 Å². The van der Waals surface area contributed by atoms with Gasteiger partial charge in [-0.3, -0.25) is 4.79 Å². The molecule has 0 bridgehead atoms. The van der Waals surface area contributed by atoms with Crippen molar-refractivity contribution in [1.29, 1.82) is 0 Å². The predicted octanol–water partition coefficient (Wildman–Crippen LogP) is 4.25. The first-order valence-corrected chi connectivity index (χ1v) is 6.99. The number of benzene rings is 2. The first-order chi connectivity index (χ1) is 9.79. The van der Waals surface area contributed by atoms with Gasteiger partial charge in [0.15, 0.2) is 0 Å². The third-order valence-corrected chi connectivity index (χ3v) is 3.43. The van der Waals surface area contributed by atoms with Gasteiger partial charge in [0.2, 0.25) is 0 Å². The summed E-state index contributed by atoms with van der Waals surface area (Å²) in [6, 6.07) is 12.7. The molecule has 1 amide bonds. The second-order valence-corrected chi connectivity index (χ2v) is 6.25. The van der Waals surface area contributed by atoms with E-state index in [1.165, 1.54) is 0 Å². The number of anilines is 1. The molecule has 0 saturated carbocycles. The molecular weight excluding hydrogens is 262 g/mol. The zero-order valence-electron chi connectivity index (χ0n) is 12.9. The van der Waals surface area contributed by atoms with E-state index in [-0.39, 0.29) is 17.1 Å². The van der Waals surface area contributed by atoms with Crippen LogP contribution in [0.5, 0.6) is 5.75 Å². The predicted molar refractivity (Wildman–Crippen MR) is 85.9 cm³/mol. The lowest BCUT2D eigenvalue weighted by molar-refractivity contribution is 0.102. The zero-order valence-corrected chi connectivity index (χ0v) is 12.9. The monoisotopic (exact) mass is 283 g/mol. The summed E-state index contributed by atoms with van der Waals surface area (Å²) >= 11 is 0. The van der Waals surface area contributed by atoms with Crippen LogP contribution in [0.1, 0.15) is 42.3 Å². The first kappa shape index (κ1) is 15.1. The van der Waals surface area contributed by atoms with Gasteiger partial charge in [0, 0.05) is 11.3 Å². The van der Waals surface area contributed by atoms with Crippen molar-refractivity contribution < 1.29 is 9.90 Å². The van der Waals surface area contributed by atoms with Crippen molar-refractivity contribution in [3.63, 3.8) is 0 Å². The molecule has 2 rings (SSSR count). The summed E-state index contributed by atoms with van der Waals surface area (Å²) in [5, 5.41) is 12.4. The third kappa shape index (κ3) is 3.43. The van der Waals surface area contributed by atoms with E-state index in [9.17, 15) is 9.90 Å². The highest BCUT2D eigenvalue weighted by Crippen LogP contribution is 2.27. The number of carbonyl (C=O) groups excluding carboxylic acids is 1. The van der Waals surface area contributed by atoms with Crippen molar-refractivity contribution in [2.75, 3.05) is 5.32 Å². The molecule has 0 aliphatic heterocycles. The molecule has 0 fully saturated rings. The largest absolute Gasteiger partial charge is 0.508 e. The van der Waals surface area contributed by atoms with E-state index in [2.05, 4.69) is 26.1 Å². The van der Waals surface area contributed by atoms with Gasteiger partial charge in [-0.15, -0.1) is 0 Å². The highest BCUT2D eigenvalue weighted by Gasteiger charge is 2.21. The summed E-state index contributed by atoms with van der Waals surface area (Å²) in [4.78, 5) is 12.5. The minimum Gasteiger partial charge on any atom is -0.508 e. The van der Waals surface area contributed by atoms with Crippen molar-refractivity contribution in [3.8, 4) is 5.75 Å². The summed E-state index contributed by atoms with van der Waals surface area (Å²) < 4.78 is 0. The van der Waals surface area contributed by atoms with Crippen LogP contribution >= 0.6 is 0 Å². The molecule has 3 nitrogen and oxygen atoms in total. The van der Waals surface area contributed by atoms with E-state index in [4.69, 9.17) is 0 Å². The number of phenols is 1. The van der Waals surface area contributed by atoms with E-state index in [0.29, 0.717) is 11.3 Å². The Morgan fingerprint density at radius 3 is 2.38 bits per heavy atom. The molecule has 2 aromatic rings. The van der Waals surface area contributed by atoms with Gasteiger partial charge in [-0.2, -0.15) is 0 Å². The minimum absolute atomic E-state index is 0.0984. The fourth-order valence-corrected chi connectivity index (χ4v) is 2.27. The number of nitrogens with one attached hydrogen (secondary N) is 1. The Bertz CT molecular complexity index is 669. The topological polar surface area (TPSA) is 49.3 Å². The molecule has 0 unspecified atom stereocenters. The van der Waals surface area contributed by atoms with Crippen LogP contribution in [-0.4, -0.2) is 11.0 Å². The molecule has 21 heavy (non-hydrogen) atoms. The molecule has 2 N–H and O–H groups in total. The van der Waals surface area contributed by atoms with Crippen molar-refractivity contribution >= 4 is 11.6 Å². The maximum absolute atomic E-state index is 12.5. The van der Waals surface area contributed by atoms with Crippen LogP contribution in [-0.2, 0) is 5.41 Å². The van der Waals surface area contributed by atoms with Crippen LogP contribution < -0.4 is 5.32 Å². The Balaban J connectivity index is 2.31. The van der Waals surface area contributed by atoms with Crippen molar-refractivity contribution in [1.82, 2.24) is 0 Å². The first-order valence-electron chi connectivity index (χ1n) is 6.99. The molecule has 2 aromatic carbocycles. The second-order valence-electron chi connectivity index (χ2n) is 6.25. The third-order valence-electron chi connectivity index (χ3n) is 3.43. The number of aromatic hydroxyl groups is 1. The smallest absolute Gasteiger partial charge is 0.255 e. The van der Waals surface area contributed by atoms with E-state index < -0.39 is 0 Å². The van der Waals surface area contributed by atoms with E-state index >= 15 is 0 Å². The average molecular weight is 283 g/mol. The fraction of sp³-hybridized carbons (Fsp3) is 0.278. The summed E-state index contributed by atoms with van der Waals surface area (Å²) in [5.74, 6) is 0.0914. The Labute approximate surface area is 125 Å². The number of phenolic OH excluding ortho intramolecular Hbond substituents is 1. The van der Waals surface area contributed by atoms with Crippen LogP contribution in [0.2, 0.25) is 0 Å². The lowest BCUT2D eigenvalue weighted by atomic mass is 9.83. The molecule has 110 valence electrons. The number of hydrogen-bond acceptors (Lipinski definition) is 2. The normalized spacial score (nSPS) is 11.2. The molecule has 0 aliphatic rings. The highest BCUT2D eigenvalue weighted by molar-refractivity contribution is 6.05. The van der Waals surface area contributed by atoms with Gasteiger partial charge in [0.05, 0.1) is 0 Å².